The molecule has 0 aliphatic carbocycles. The Morgan fingerprint density at radius 2 is 1.95 bits per heavy atom. The fourth-order valence-corrected chi connectivity index (χ4v) is 2.20. The summed E-state index contributed by atoms with van der Waals surface area (Å²) in [5, 5.41) is 12.3. The molecule has 20 heavy (non-hydrogen) atoms. The number of carbonyl (C=O) groups excluding carboxylic acids is 1. The molecule has 110 valence electrons. The summed E-state index contributed by atoms with van der Waals surface area (Å²) < 4.78 is 26.7. The molecule has 1 aromatic rings. The van der Waals surface area contributed by atoms with Crippen LogP contribution >= 0.6 is 0 Å². The third-order valence-electron chi connectivity index (χ3n) is 3.66. The Morgan fingerprint density at radius 1 is 1.40 bits per heavy atom. The standard InChI is InChI=1S/C14H18F2N2O2/c1-9(2)14(20)7-18(8-14)6-12(19)17-13-10(15)4-3-5-11(13)16/h3-5,9,20H,6-8H2,1-2H3,(H,17,19). The van der Waals surface area contributed by atoms with Crippen LogP contribution < -0.4 is 5.32 Å². The third kappa shape index (κ3) is 2.96. The first kappa shape index (κ1) is 14.9. The van der Waals surface area contributed by atoms with Gasteiger partial charge in [-0.05, 0) is 18.1 Å². The normalized spacial score (nSPS) is 17.9. The highest BCUT2D eigenvalue weighted by atomic mass is 19.1. The van der Waals surface area contributed by atoms with Gasteiger partial charge >= 0.3 is 0 Å². The Bertz CT molecular complexity index is 494. The van der Waals surface area contributed by atoms with Crippen molar-refractivity contribution >= 4 is 11.6 Å². The minimum Gasteiger partial charge on any atom is -0.387 e. The highest BCUT2D eigenvalue weighted by Crippen LogP contribution is 2.28. The Balaban J connectivity index is 1.89. The van der Waals surface area contributed by atoms with Gasteiger partial charge in [-0.2, -0.15) is 0 Å². The molecule has 0 saturated carbocycles. The number of para-hydroxylation sites is 1. The summed E-state index contributed by atoms with van der Waals surface area (Å²) in [5.41, 5.74) is -1.21. The molecule has 1 fully saturated rings. The van der Waals surface area contributed by atoms with E-state index in [1.807, 2.05) is 13.8 Å². The molecule has 0 bridgehead atoms. The van der Waals surface area contributed by atoms with Gasteiger partial charge in [-0.15, -0.1) is 0 Å². The molecule has 0 atom stereocenters. The van der Waals surface area contributed by atoms with Gasteiger partial charge in [-0.1, -0.05) is 19.9 Å². The van der Waals surface area contributed by atoms with E-state index >= 15 is 0 Å². The van der Waals surface area contributed by atoms with Crippen LogP contribution in [0.1, 0.15) is 13.8 Å². The topological polar surface area (TPSA) is 52.6 Å². The van der Waals surface area contributed by atoms with Gasteiger partial charge in [-0.3, -0.25) is 9.69 Å². The number of amides is 1. The fraction of sp³-hybridized carbons (Fsp3) is 0.500. The zero-order valence-electron chi connectivity index (χ0n) is 11.5. The van der Waals surface area contributed by atoms with E-state index in [0.29, 0.717) is 13.1 Å². The van der Waals surface area contributed by atoms with Crippen LogP contribution in [-0.2, 0) is 4.79 Å². The number of benzene rings is 1. The molecule has 2 rings (SSSR count). The van der Waals surface area contributed by atoms with Crippen LogP contribution in [0.2, 0.25) is 0 Å². The van der Waals surface area contributed by atoms with Gasteiger partial charge in [0.2, 0.25) is 5.91 Å². The van der Waals surface area contributed by atoms with E-state index < -0.39 is 28.8 Å². The van der Waals surface area contributed by atoms with Crippen molar-refractivity contribution in [1.29, 1.82) is 0 Å². The number of likely N-dealkylation sites (tertiary alicyclic amines) is 1. The first-order chi connectivity index (χ1) is 9.32. The lowest BCUT2D eigenvalue weighted by atomic mass is 9.83. The number of anilines is 1. The summed E-state index contributed by atoms with van der Waals surface area (Å²) in [6.45, 7) is 4.59. The predicted molar refractivity (Wildman–Crippen MR) is 71.2 cm³/mol. The van der Waals surface area contributed by atoms with E-state index in [9.17, 15) is 18.7 Å². The van der Waals surface area contributed by atoms with Crippen molar-refractivity contribution in [3.05, 3.63) is 29.8 Å². The average molecular weight is 284 g/mol. The van der Waals surface area contributed by atoms with E-state index in [1.165, 1.54) is 6.07 Å². The molecule has 2 N–H and O–H groups in total. The minimum atomic E-state index is -0.805. The molecule has 1 amide bonds. The van der Waals surface area contributed by atoms with E-state index in [-0.39, 0.29) is 12.5 Å². The maximum atomic E-state index is 13.4. The maximum absolute atomic E-state index is 13.4. The largest absolute Gasteiger partial charge is 0.387 e. The van der Waals surface area contributed by atoms with Crippen LogP contribution in [0.25, 0.3) is 0 Å². The van der Waals surface area contributed by atoms with Crippen molar-refractivity contribution < 1.29 is 18.7 Å². The van der Waals surface area contributed by atoms with Crippen molar-refractivity contribution in [1.82, 2.24) is 4.90 Å². The van der Waals surface area contributed by atoms with Gasteiger partial charge < -0.3 is 10.4 Å². The smallest absolute Gasteiger partial charge is 0.238 e. The molecule has 1 aromatic carbocycles. The van der Waals surface area contributed by atoms with Crippen LogP contribution in [0.5, 0.6) is 0 Å². The number of halogens is 2. The molecular formula is C14H18F2N2O2. The molecule has 0 unspecified atom stereocenters. The van der Waals surface area contributed by atoms with Gasteiger partial charge in [0.05, 0.1) is 12.1 Å². The number of nitrogens with zero attached hydrogens (tertiary/aromatic N) is 1. The first-order valence-electron chi connectivity index (χ1n) is 6.50. The molecule has 0 radical (unpaired) electrons. The summed E-state index contributed by atoms with van der Waals surface area (Å²) in [7, 11) is 0. The Kier molecular flexibility index (Phi) is 4.06. The Hall–Kier alpha value is -1.53. The van der Waals surface area contributed by atoms with E-state index in [4.69, 9.17) is 0 Å². The number of hydrogen-bond acceptors (Lipinski definition) is 3. The second-order valence-corrected chi connectivity index (χ2v) is 5.55. The van der Waals surface area contributed by atoms with Crippen LogP contribution in [0.15, 0.2) is 18.2 Å². The summed E-state index contributed by atoms with van der Waals surface area (Å²) in [6.07, 6.45) is 0. The molecule has 4 nitrogen and oxygen atoms in total. The Labute approximate surface area is 116 Å². The summed E-state index contributed by atoms with van der Waals surface area (Å²) in [5.74, 6) is -2.01. The number of hydrogen-bond donors (Lipinski definition) is 2. The lowest BCUT2D eigenvalue weighted by Crippen LogP contribution is -2.65. The zero-order chi connectivity index (χ0) is 14.9. The van der Waals surface area contributed by atoms with Gasteiger partial charge in [0.15, 0.2) is 0 Å². The van der Waals surface area contributed by atoms with Crippen molar-refractivity contribution in [2.45, 2.75) is 19.4 Å². The maximum Gasteiger partial charge on any atom is 0.238 e. The van der Waals surface area contributed by atoms with Crippen molar-refractivity contribution in [2.24, 2.45) is 5.92 Å². The lowest BCUT2D eigenvalue weighted by molar-refractivity contribution is -0.139. The summed E-state index contributed by atoms with van der Waals surface area (Å²) in [6, 6.07) is 3.40. The number of nitrogens with one attached hydrogen (secondary N) is 1. The van der Waals surface area contributed by atoms with E-state index in [0.717, 1.165) is 12.1 Å². The number of aliphatic hydroxyl groups is 1. The summed E-state index contributed by atoms with van der Waals surface area (Å²) in [4.78, 5) is 13.5. The number of carbonyl (C=O) groups is 1. The zero-order valence-corrected chi connectivity index (χ0v) is 11.5. The molecular weight excluding hydrogens is 266 g/mol. The fourth-order valence-electron chi connectivity index (χ4n) is 2.20. The molecule has 1 aliphatic heterocycles. The van der Waals surface area contributed by atoms with Gasteiger partial charge in [0.1, 0.15) is 17.3 Å². The van der Waals surface area contributed by atoms with Gasteiger partial charge in [0.25, 0.3) is 0 Å². The highest BCUT2D eigenvalue weighted by Gasteiger charge is 2.43. The van der Waals surface area contributed by atoms with Crippen LogP contribution in [0.3, 0.4) is 0 Å². The average Bonchev–Trinajstić information content (AvgIpc) is 2.31. The van der Waals surface area contributed by atoms with Crippen LogP contribution in [0, 0.1) is 17.6 Å². The predicted octanol–water partition coefficient (Wildman–Crippen LogP) is 1.61. The molecule has 0 aromatic heterocycles. The summed E-state index contributed by atoms with van der Waals surface area (Å²) >= 11 is 0. The van der Waals surface area contributed by atoms with Crippen molar-refractivity contribution in [2.75, 3.05) is 25.0 Å². The van der Waals surface area contributed by atoms with Crippen LogP contribution in [-0.4, -0.2) is 41.1 Å². The van der Waals surface area contributed by atoms with E-state index in [2.05, 4.69) is 5.32 Å². The van der Waals surface area contributed by atoms with Crippen molar-refractivity contribution in [3.63, 3.8) is 0 Å². The third-order valence-corrected chi connectivity index (χ3v) is 3.66. The monoisotopic (exact) mass is 284 g/mol. The second-order valence-electron chi connectivity index (χ2n) is 5.55. The van der Waals surface area contributed by atoms with Crippen LogP contribution in [0.4, 0.5) is 14.5 Å². The SMILES string of the molecule is CC(C)C1(O)CN(CC(=O)Nc2c(F)cccc2F)C1. The first-order valence-corrected chi connectivity index (χ1v) is 6.50. The minimum absolute atomic E-state index is 0.00278. The van der Waals surface area contributed by atoms with Gasteiger partial charge in [0, 0.05) is 13.1 Å². The van der Waals surface area contributed by atoms with E-state index in [1.54, 1.807) is 4.90 Å². The quantitative estimate of drug-likeness (QED) is 0.883. The number of β-amino-alcohol motifs (C(OH)–C–C–N with tert-alkyl or cyclic N) is 1. The number of rotatable bonds is 4. The second kappa shape index (κ2) is 5.46. The van der Waals surface area contributed by atoms with Gasteiger partial charge in [-0.25, -0.2) is 8.78 Å². The highest BCUT2D eigenvalue weighted by molar-refractivity contribution is 5.92. The Morgan fingerprint density at radius 3 is 2.45 bits per heavy atom. The molecule has 6 heteroatoms. The van der Waals surface area contributed by atoms with Crippen molar-refractivity contribution in [3.8, 4) is 0 Å². The molecule has 1 aliphatic rings. The molecule has 1 saturated heterocycles. The molecule has 1 heterocycles. The molecule has 0 spiro atoms. The lowest BCUT2D eigenvalue weighted by Gasteiger charge is -2.48.